The average Bonchev–Trinajstić information content (AvgIpc) is 3.05. The van der Waals surface area contributed by atoms with Crippen LogP contribution in [0.2, 0.25) is 0 Å². The first-order valence-corrected chi connectivity index (χ1v) is 8.98. The Hall–Kier alpha value is -1.46. The Kier molecular flexibility index (Phi) is 6.96. The molecular formula is C19H29ClN2O3. The zero-order valence-corrected chi connectivity index (χ0v) is 15.9. The molecular weight excluding hydrogens is 340 g/mol. The minimum absolute atomic E-state index is 0. The molecule has 0 aromatic heterocycles. The standard InChI is InChI=1S/C19H28N2O3.ClH/c1-3-24-17-10-14(7-8-16(17)23-2)11-21-18(22)19-9-5-4-6-15(19)12-20-13-19;/h7-8,10,15,20H,3-6,9,11-13H2,1-2H3,(H,21,22);1H/t15-,19+;/m0./s1. The number of ether oxygens (including phenoxy) is 2. The molecule has 2 atom stereocenters. The van der Waals surface area contributed by atoms with Crippen LogP contribution in [-0.2, 0) is 11.3 Å². The quantitative estimate of drug-likeness (QED) is 0.810. The maximum absolute atomic E-state index is 12.9. The van der Waals surface area contributed by atoms with Crippen LogP contribution >= 0.6 is 12.4 Å². The third-order valence-corrected chi connectivity index (χ3v) is 5.47. The van der Waals surface area contributed by atoms with Crippen LogP contribution in [-0.4, -0.2) is 32.7 Å². The smallest absolute Gasteiger partial charge is 0.228 e. The van der Waals surface area contributed by atoms with E-state index in [1.165, 1.54) is 6.42 Å². The fraction of sp³-hybridized carbons (Fsp3) is 0.632. The molecule has 1 saturated heterocycles. The van der Waals surface area contributed by atoms with Gasteiger partial charge in [-0.15, -0.1) is 12.4 Å². The second-order valence-electron chi connectivity index (χ2n) is 6.83. The van der Waals surface area contributed by atoms with E-state index in [1.54, 1.807) is 7.11 Å². The van der Waals surface area contributed by atoms with Crippen LogP contribution < -0.4 is 20.1 Å². The number of halogens is 1. The van der Waals surface area contributed by atoms with Gasteiger partial charge >= 0.3 is 0 Å². The van der Waals surface area contributed by atoms with Crippen LogP contribution in [0.5, 0.6) is 11.5 Å². The summed E-state index contributed by atoms with van der Waals surface area (Å²) in [6, 6.07) is 5.82. The molecule has 5 nitrogen and oxygen atoms in total. The topological polar surface area (TPSA) is 59.6 Å². The number of rotatable bonds is 6. The van der Waals surface area contributed by atoms with Crippen molar-refractivity contribution < 1.29 is 14.3 Å². The summed E-state index contributed by atoms with van der Waals surface area (Å²) in [6.45, 7) is 4.85. The number of benzene rings is 1. The van der Waals surface area contributed by atoms with Gasteiger partial charge in [-0.25, -0.2) is 0 Å². The van der Waals surface area contributed by atoms with E-state index < -0.39 is 0 Å². The molecule has 25 heavy (non-hydrogen) atoms. The van der Waals surface area contributed by atoms with Gasteiger partial charge in [0.2, 0.25) is 5.91 Å². The second kappa shape index (κ2) is 8.77. The van der Waals surface area contributed by atoms with Crippen LogP contribution in [0.25, 0.3) is 0 Å². The lowest BCUT2D eigenvalue weighted by molar-refractivity contribution is -0.134. The van der Waals surface area contributed by atoms with Crippen LogP contribution in [0.1, 0.15) is 38.2 Å². The van der Waals surface area contributed by atoms with Gasteiger partial charge in [0.1, 0.15) is 0 Å². The van der Waals surface area contributed by atoms with Crippen molar-refractivity contribution in [1.82, 2.24) is 10.6 Å². The zero-order valence-electron chi connectivity index (χ0n) is 15.1. The van der Waals surface area contributed by atoms with E-state index in [-0.39, 0.29) is 23.7 Å². The predicted octanol–water partition coefficient (Wildman–Crippen LogP) is 2.91. The minimum atomic E-state index is -0.201. The van der Waals surface area contributed by atoms with Crippen molar-refractivity contribution in [3.63, 3.8) is 0 Å². The zero-order chi connectivity index (χ0) is 17.0. The molecule has 1 aromatic carbocycles. The van der Waals surface area contributed by atoms with Crippen molar-refractivity contribution in [1.29, 1.82) is 0 Å². The van der Waals surface area contributed by atoms with Crippen LogP contribution in [0.3, 0.4) is 0 Å². The number of carbonyl (C=O) groups excluding carboxylic acids is 1. The van der Waals surface area contributed by atoms with Gasteiger partial charge in [0.15, 0.2) is 11.5 Å². The van der Waals surface area contributed by atoms with E-state index in [1.807, 2.05) is 25.1 Å². The van der Waals surface area contributed by atoms with Gasteiger partial charge in [0.25, 0.3) is 0 Å². The summed E-state index contributed by atoms with van der Waals surface area (Å²) < 4.78 is 10.9. The Morgan fingerprint density at radius 1 is 1.36 bits per heavy atom. The third kappa shape index (κ3) is 4.04. The molecule has 2 aliphatic rings. The first-order valence-electron chi connectivity index (χ1n) is 8.98. The maximum atomic E-state index is 12.9. The lowest BCUT2D eigenvalue weighted by Gasteiger charge is -2.37. The molecule has 2 N–H and O–H groups in total. The molecule has 3 rings (SSSR count). The Morgan fingerprint density at radius 3 is 2.96 bits per heavy atom. The van der Waals surface area contributed by atoms with E-state index >= 15 is 0 Å². The molecule has 2 fully saturated rings. The van der Waals surface area contributed by atoms with E-state index in [0.717, 1.165) is 49.4 Å². The highest BCUT2D eigenvalue weighted by Crippen LogP contribution is 2.44. The number of carbonyl (C=O) groups is 1. The highest BCUT2D eigenvalue weighted by atomic mass is 35.5. The minimum Gasteiger partial charge on any atom is -0.493 e. The van der Waals surface area contributed by atoms with Crippen molar-refractivity contribution in [2.45, 2.75) is 39.2 Å². The number of amides is 1. The first kappa shape index (κ1) is 19.9. The van der Waals surface area contributed by atoms with Crippen molar-refractivity contribution >= 4 is 18.3 Å². The second-order valence-corrected chi connectivity index (χ2v) is 6.83. The Balaban J connectivity index is 0.00000225. The molecule has 0 spiro atoms. The number of hydrogen-bond acceptors (Lipinski definition) is 4. The third-order valence-electron chi connectivity index (χ3n) is 5.47. The van der Waals surface area contributed by atoms with Gasteiger partial charge in [0.05, 0.1) is 19.1 Å². The summed E-state index contributed by atoms with van der Waals surface area (Å²) in [5.74, 6) is 2.13. The molecule has 140 valence electrons. The number of hydrogen-bond donors (Lipinski definition) is 2. The Morgan fingerprint density at radius 2 is 2.20 bits per heavy atom. The highest BCUT2D eigenvalue weighted by molar-refractivity contribution is 5.85. The van der Waals surface area contributed by atoms with Gasteiger partial charge in [0, 0.05) is 13.1 Å². The van der Waals surface area contributed by atoms with Crippen LogP contribution in [0, 0.1) is 11.3 Å². The molecule has 1 aliphatic heterocycles. The van der Waals surface area contributed by atoms with Crippen molar-refractivity contribution in [3.05, 3.63) is 23.8 Å². The van der Waals surface area contributed by atoms with E-state index in [2.05, 4.69) is 10.6 Å². The van der Waals surface area contributed by atoms with Crippen LogP contribution in [0.15, 0.2) is 18.2 Å². The number of fused-ring (bicyclic) bond motifs is 1. The summed E-state index contributed by atoms with van der Waals surface area (Å²) in [5.41, 5.74) is 0.829. The molecule has 1 saturated carbocycles. The lowest BCUT2D eigenvalue weighted by Crippen LogP contribution is -2.47. The van der Waals surface area contributed by atoms with Crippen molar-refractivity contribution in [2.75, 3.05) is 26.8 Å². The lowest BCUT2D eigenvalue weighted by atomic mass is 9.67. The van der Waals surface area contributed by atoms with Gasteiger partial charge in [-0.3, -0.25) is 4.79 Å². The van der Waals surface area contributed by atoms with E-state index in [9.17, 15) is 4.79 Å². The van der Waals surface area contributed by atoms with Crippen LogP contribution in [0.4, 0.5) is 0 Å². The van der Waals surface area contributed by atoms with E-state index in [4.69, 9.17) is 9.47 Å². The Bertz CT molecular complexity index is 596. The summed E-state index contributed by atoms with van der Waals surface area (Å²) in [7, 11) is 1.63. The normalized spacial score (nSPS) is 24.8. The first-order chi connectivity index (χ1) is 11.7. The van der Waals surface area contributed by atoms with E-state index in [0.29, 0.717) is 19.1 Å². The van der Waals surface area contributed by atoms with Crippen molar-refractivity contribution in [2.24, 2.45) is 11.3 Å². The van der Waals surface area contributed by atoms with Gasteiger partial charge in [-0.05, 0) is 49.9 Å². The van der Waals surface area contributed by atoms with Gasteiger partial charge < -0.3 is 20.1 Å². The monoisotopic (exact) mass is 368 g/mol. The summed E-state index contributed by atoms with van der Waals surface area (Å²) in [4.78, 5) is 12.9. The molecule has 6 heteroatoms. The average molecular weight is 369 g/mol. The fourth-order valence-corrected chi connectivity index (χ4v) is 4.15. The summed E-state index contributed by atoms with van der Waals surface area (Å²) >= 11 is 0. The SMILES string of the molecule is CCOc1cc(CNC(=O)[C@@]23CCCC[C@H]2CNC3)ccc1OC.Cl. The molecule has 1 heterocycles. The summed E-state index contributed by atoms with van der Waals surface area (Å²) in [5, 5.41) is 6.59. The maximum Gasteiger partial charge on any atom is 0.228 e. The molecule has 0 unspecified atom stereocenters. The molecule has 1 aliphatic carbocycles. The molecule has 0 radical (unpaired) electrons. The molecule has 1 aromatic rings. The molecule has 0 bridgehead atoms. The van der Waals surface area contributed by atoms with Gasteiger partial charge in [-0.1, -0.05) is 18.9 Å². The van der Waals surface area contributed by atoms with Crippen molar-refractivity contribution in [3.8, 4) is 11.5 Å². The number of nitrogens with one attached hydrogen (secondary N) is 2. The predicted molar refractivity (Wildman–Crippen MR) is 101 cm³/mol. The largest absolute Gasteiger partial charge is 0.493 e. The Labute approximate surface area is 156 Å². The molecule has 1 amide bonds. The van der Waals surface area contributed by atoms with Gasteiger partial charge in [-0.2, -0.15) is 0 Å². The number of methoxy groups -OCH3 is 1. The summed E-state index contributed by atoms with van der Waals surface area (Å²) in [6.07, 6.45) is 4.57. The fourth-order valence-electron chi connectivity index (χ4n) is 4.15. The highest BCUT2D eigenvalue weighted by Gasteiger charge is 2.49.